The largest absolute Gasteiger partial charge is 0.299 e. The van der Waals surface area contributed by atoms with Gasteiger partial charge < -0.3 is 0 Å². The summed E-state index contributed by atoms with van der Waals surface area (Å²) >= 11 is 2.68. The summed E-state index contributed by atoms with van der Waals surface area (Å²) < 4.78 is 0.461. The van der Waals surface area contributed by atoms with Gasteiger partial charge in [0.25, 0.3) is 0 Å². The van der Waals surface area contributed by atoms with Crippen LogP contribution in [0.1, 0.15) is 72.1 Å². The van der Waals surface area contributed by atoms with E-state index in [1.807, 2.05) is 0 Å². The van der Waals surface area contributed by atoms with Crippen LogP contribution in [0, 0.1) is 28.6 Å². The molecule has 2 heteroatoms. The maximum atomic E-state index is 12.4. The first-order chi connectivity index (χ1) is 10.3. The number of fused-ring (bicyclic) bond motifs is 5. The monoisotopic (exact) mass is 412 g/mol. The summed E-state index contributed by atoms with van der Waals surface area (Å²) in [6.07, 6.45) is 12.3. The van der Waals surface area contributed by atoms with E-state index in [4.69, 9.17) is 0 Å². The number of carbonyl (C=O) groups is 1. The molecule has 0 spiro atoms. The van der Waals surface area contributed by atoms with Crippen molar-refractivity contribution in [2.75, 3.05) is 0 Å². The van der Waals surface area contributed by atoms with Gasteiger partial charge in [-0.3, -0.25) is 4.79 Å². The molecule has 0 aromatic heterocycles. The minimum atomic E-state index is 0.0231. The lowest BCUT2D eigenvalue weighted by Crippen LogP contribution is -2.51. The van der Waals surface area contributed by atoms with Crippen molar-refractivity contribution in [2.24, 2.45) is 28.6 Å². The van der Waals surface area contributed by atoms with Gasteiger partial charge in [0.05, 0.1) is 0 Å². The average molecular weight is 412 g/mol. The van der Waals surface area contributed by atoms with Gasteiger partial charge in [-0.25, -0.2) is 0 Å². The zero-order valence-electron chi connectivity index (χ0n) is 14.3. The van der Waals surface area contributed by atoms with Crippen LogP contribution < -0.4 is 0 Å². The van der Waals surface area contributed by atoms with E-state index in [2.05, 4.69) is 49.4 Å². The molecular weight excluding hydrogens is 383 g/mol. The zero-order chi connectivity index (χ0) is 15.8. The molecule has 0 saturated heterocycles. The summed E-state index contributed by atoms with van der Waals surface area (Å²) in [5.41, 5.74) is 2.21. The van der Waals surface area contributed by atoms with Gasteiger partial charge in [0.1, 0.15) is 5.78 Å². The van der Waals surface area contributed by atoms with Gasteiger partial charge in [0.2, 0.25) is 0 Å². The van der Waals surface area contributed by atoms with Crippen molar-refractivity contribution < 1.29 is 4.79 Å². The highest BCUT2D eigenvalue weighted by atomic mass is 127. The predicted molar refractivity (Wildman–Crippen MR) is 99.1 cm³/mol. The molecule has 0 unspecified atom stereocenters. The SMILES string of the molecule is C[C@]1(I)CC[C@@]2(C)C(=CC[C@@H]3[C@@H]2CC[C@]2(C)C(=O)CC[C@@H]32)C1. The van der Waals surface area contributed by atoms with Crippen LogP contribution in [-0.4, -0.2) is 9.20 Å². The second-order valence-electron chi connectivity index (χ2n) is 9.27. The lowest BCUT2D eigenvalue weighted by Gasteiger charge is -2.57. The highest BCUT2D eigenvalue weighted by molar-refractivity contribution is 14.1. The highest BCUT2D eigenvalue weighted by Crippen LogP contribution is 2.65. The van der Waals surface area contributed by atoms with Crippen LogP contribution in [0.3, 0.4) is 0 Å². The highest BCUT2D eigenvalue weighted by Gasteiger charge is 2.59. The molecule has 3 fully saturated rings. The summed E-state index contributed by atoms with van der Waals surface area (Å²) in [7, 11) is 0. The Morgan fingerprint density at radius 2 is 1.77 bits per heavy atom. The quantitative estimate of drug-likeness (QED) is 0.283. The first-order valence-corrected chi connectivity index (χ1v) is 10.3. The van der Waals surface area contributed by atoms with Gasteiger partial charge in [0.15, 0.2) is 0 Å². The zero-order valence-corrected chi connectivity index (χ0v) is 16.4. The van der Waals surface area contributed by atoms with Crippen LogP contribution in [0.15, 0.2) is 11.6 Å². The molecule has 0 aromatic rings. The first kappa shape index (κ1) is 15.7. The van der Waals surface area contributed by atoms with Crippen molar-refractivity contribution in [1.29, 1.82) is 0 Å². The van der Waals surface area contributed by atoms with Crippen molar-refractivity contribution in [1.82, 2.24) is 0 Å². The number of halogens is 1. The molecule has 0 aromatic carbocycles. The molecule has 0 amide bonds. The first-order valence-electron chi connectivity index (χ1n) is 9.18. The second kappa shape index (κ2) is 4.83. The number of hydrogen-bond donors (Lipinski definition) is 0. The molecular formula is C20H29IO. The minimum absolute atomic E-state index is 0.0231. The lowest BCUT2D eigenvalue weighted by molar-refractivity contribution is -0.131. The minimum Gasteiger partial charge on any atom is -0.299 e. The maximum absolute atomic E-state index is 12.4. The molecule has 0 bridgehead atoms. The number of allylic oxidation sites excluding steroid dienone is 2. The normalized spacial score (nSPS) is 54.3. The predicted octanol–water partition coefficient (Wildman–Crippen LogP) is 5.71. The number of ketones is 1. The number of hydrogen-bond acceptors (Lipinski definition) is 1. The smallest absolute Gasteiger partial charge is 0.139 e. The van der Waals surface area contributed by atoms with Gasteiger partial charge in [-0.05, 0) is 68.1 Å². The Balaban J connectivity index is 1.69. The Kier molecular flexibility index (Phi) is 3.44. The molecule has 3 saturated carbocycles. The van der Waals surface area contributed by atoms with Crippen molar-refractivity contribution in [3.05, 3.63) is 11.6 Å². The van der Waals surface area contributed by atoms with E-state index < -0.39 is 0 Å². The van der Waals surface area contributed by atoms with Crippen molar-refractivity contribution in [3.8, 4) is 0 Å². The van der Waals surface area contributed by atoms with E-state index in [0.717, 1.165) is 24.7 Å². The van der Waals surface area contributed by atoms with E-state index in [1.54, 1.807) is 5.57 Å². The number of carbonyl (C=O) groups excluding carboxylic acids is 1. The standard InChI is InChI=1S/C20H29IO/c1-18(21)10-11-19(2)13(12-18)4-5-14-15-6-7-17(22)20(15,3)9-8-16(14)19/h4,14-16H,5-12H2,1-3H3/t14-,15-,16-,18-,19-,20-/m0/s1. The maximum Gasteiger partial charge on any atom is 0.139 e. The Labute approximate surface area is 148 Å². The number of rotatable bonds is 0. The van der Waals surface area contributed by atoms with Crippen LogP contribution in [0.5, 0.6) is 0 Å². The van der Waals surface area contributed by atoms with Gasteiger partial charge in [-0.1, -0.05) is 55.0 Å². The lowest BCUT2D eigenvalue weighted by atomic mass is 9.47. The molecule has 0 N–H and O–H groups in total. The molecule has 0 heterocycles. The Morgan fingerprint density at radius 3 is 2.55 bits per heavy atom. The molecule has 4 aliphatic rings. The van der Waals surface area contributed by atoms with E-state index in [0.29, 0.717) is 20.5 Å². The fourth-order valence-corrected chi connectivity index (χ4v) is 7.23. The Bertz CT molecular complexity index is 548. The molecule has 0 radical (unpaired) electrons. The molecule has 122 valence electrons. The summed E-state index contributed by atoms with van der Waals surface area (Å²) in [6, 6.07) is 0. The Morgan fingerprint density at radius 1 is 1.05 bits per heavy atom. The fourth-order valence-electron chi connectivity index (χ4n) is 6.55. The third-order valence-corrected chi connectivity index (χ3v) is 8.98. The van der Waals surface area contributed by atoms with Gasteiger partial charge in [-0.15, -0.1) is 0 Å². The van der Waals surface area contributed by atoms with Crippen molar-refractivity contribution in [3.63, 3.8) is 0 Å². The molecule has 22 heavy (non-hydrogen) atoms. The number of Topliss-reactive ketones (excluding diaryl/α,β-unsaturated/α-hetero) is 1. The summed E-state index contributed by atoms with van der Waals surface area (Å²) in [6.45, 7) is 7.27. The van der Waals surface area contributed by atoms with Gasteiger partial charge >= 0.3 is 0 Å². The van der Waals surface area contributed by atoms with E-state index in [9.17, 15) is 4.79 Å². The third-order valence-electron chi connectivity index (χ3n) is 8.06. The summed E-state index contributed by atoms with van der Waals surface area (Å²) in [5.74, 6) is 2.85. The van der Waals surface area contributed by atoms with Crippen LogP contribution in [0.4, 0.5) is 0 Å². The molecule has 4 aliphatic carbocycles. The van der Waals surface area contributed by atoms with Crippen LogP contribution in [0.2, 0.25) is 0 Å². The number of alkyl halides is 1. The molecule has 1 nitrogen and oxygen atoms in total. The van der Waals surface area contributed by atoms with E-state index in [1.165, 1.54) is 38.5 Å². The van der Waals surface area contributed by atoms with Crippen LogP contribution in [0.25, 0.3) is 0 Å². The topological polar surface area (TPSA) is 17.1 Å². The van der Waals surface area contributed by atoms with Crippen LogP contribution in [-0.2, 0) is 4.79 Å². The summed E-state index contributed by atoms with van der Waals surface area (Å²) in [5, 5.41) is 0. The van der Waals surface area contributed by atoms with Crippen molar-refractivity contribution in [2.45, 2.75) is 75.6 Å². The van der Waals surface area contributed by atoms with Crippen LogP contribution >= 0.6 is 22.6 Å². The van der Waals surface area contributed by atoms with E-state index >= 15 is 0 Å². The fraction of sp³-hybridized carbons (Fsp3) is 0.850. The van der Waals surface area contributed by atoms with E-state index in [-0.39, 0.29) is 5.41 Å². The molecule has 4 rings (SSSR count). The van der Waals surface area contributed by atoms with Gasteiger partial charge in [0, 0.05) is 15.3 Å². The average Bonchev–Trinajstić information content (AvgIpc) is 2.76. The molecule has 0 aliphatic heterocycles. The van der Waals surface area contributed by atoms with Crippen molar-refractivity contribution >= 4 is 28.4 Å². The summed E-state index contributed by atoms with van der Waals surface area (Å²) in [4.78, 5) is 12.4. The molecule has 6 atom stereocenters. The second-order valence-corrected chi connectivity index (χ2v) is 11.9. The van der Waals surface area contributed by atoms with Gasteiger partial charge in [-0.2, -0.15) is 0 Å². The Hall–Kier alpha value is 0.140. The third kappa shape index (κ3) is 2.04.